The minimum Gasteiger partial charge on any atom is -0.481 e. The van der Waals surface area contributed by atoms with Crippen molar-refractivity contribution in [3.63, 3.8) is 0 Å². The number of carboxylic acids is 1. The molecule has 31 heavy (non-hydrogen) atoms. The molecule has 0 radical (unpaired) electrons. The van der Waals surface area contributed by atoms with Crippen LogP contribution < -0.4 is 5.32 Å². The number of nitrogens with one attached hydrogen (secondary N) is 1. The molecule has 1 aliphatic carbocycles. The summed E-state index contributed by atoms with van der Waals surface area (Å²) in [5, 5.41) is 16.4. The highest BCUT2D eigenvalue weighted by atomic mass is 35.5. The second-order valence-corrected chi connectivity index (χ2v) is 8.34. The Labute approximate surface area is 187 Å². The maximum atomic E-state index is 10.9. The minimum absolute atomic E-state index is 0. The molecule has 7 nitrogen and oxygen atoms in total. The number of hydrogen-bond donors (Lipinski definition) is 2. The summed E-state index contributed by atoms with van der Waals surface area (Å²) >= 11 is 0. The summed E-state index contributed by atoms with van der Waals surface area (Å²) in [6.07, 6.45) is 4.12. The van der Waals surface area contributed by atoms with Gasteiger partial charge in [0.15, 0.2) is 0 Å². The number of carbonyl (C=O) groups is 1. The molecule has 8 heteroatoms. The van der Waals surface area contributed by atoms with E-state index in [1.54, 1.807) is 6.20 Å². The van der Waals surface area contributed by atoms with Crippen molar-refractivity contribution < 1.29 is 14.4 Å². The summed E-state index contributed by atoms with van der Waals surface area (Å²) in [7, 11) is 0. The van der Waals surface area contributed by atoms with E-state index in [9.17, 15) is 4.79 Å². The van der Waals surface area contributed by atoms with Crippen LogP contribution in [-0.2, 0) is 17.8 Å². The van der Waals surface area contributed by atoms with Crippen molar-refractivity contribution in [1.82, 2.24) is 20.4 Å². The summed E-state index contributed by atoms with van der Waals surface area (Å²) in [6.45, 7) is 5.02. The lowest BCUT2D eigenvalue weighted by atomic mass is 9.80. The third-order valence-corrected chi connectivity index (χ3v) is 5.41. The number of aliphatic carboxylic acids is 1. The van der Waals surface area contributed by atoms with Gasteiger partial charge in [0.2, 0.25) is 5.82 Å². The van der Waals surface area contributed by atoms with E-state index in [4.69, 9.17) is 9.63 Å². The van der Waals surface area contributed by atoms with E-state index in [0.29, 0.717) is 37.0 Å². The minimum atomic E-state index is -0.707. The van der Waals surface area contributed by atoms with Crippen LogP contribution in [0, 0.1) is 11.8 Å². The average molecular weight is 443 g/mol. The first-order valence-electron chi connectivity index (χ1n) is 10.3. The highest BCUT2D eigenvalue weighted by Crippen LogP contribution is 2.28. The molecule has 1 saturated carbocycles. The van der Waals surface area contributed by atoms with E-state index in [0.717, 1.165) is 23.2 Å². The number of halogens is 1. The number of benzene rings is 1. The monoisotopic (exact) mass is 442 g/mol. The molecule has 2 N–H and O–H groups in total. The SMILES string of the molecule is CC(C)Cc1ccc(-c2noc(-c3ccc(CNC4CC(C(=O)O)C4)nc3)n2)cc1.Cl. The highest BCUT2D eigenvalue weighted by molar-refractivity contribution is 5.85. The molecule has 2 heterocycles. The first-order valence-corrected chi connectivity index (χ1v) is 10.3. The van der Waals surface area contributed by atoms with Gasteiger partial charge in [-0.3, -0.25) is 9.78 Å². The molecule has 0 bridgehead atoms. The van der Waals surface area contributed by atoms with Gasteiger partial charge in [0.05, 0.1) is 17.2 Å². The van der Waals surface area contributed by atoms with Gasteiger partial charge in [0.25, 0.3) is 5.89 Å². The van der Waals surface area contributed by atoms with Gasteiger partial charge in [-0.2, -0.15) is 4.98 Å². The third kappa shape index (κ3) is 5.68. The summed E-state index contributed by atoms with van der Waals surface area (Å²) < 4.78 is 5.43. The summed E-state index contributed by atoms with van der Waals surface area (Å²) in [4.78, 5) is 19.8. The van der Waals surface area contributed by atoms with Gasteiger partial charge < -0.3 is 14.9 Å². The lowest BCUT2D eigenvalue weighted by molar-refractivity contribution is -0.145. The van der Waals surface area contributed by atoms with Gasteiger partial charge in [-0.25, -0.2) is 0 Å². The van der Waals surface area contributed by atoms with Crippen molar-refractivity contribution in [2.75, 3.05) is 0 Å². The number of carboxylic acid groups (broad SMARTS) is 1. The number of nitrogens with zero attached hydrogens (tertiary/aromatic N) is 3. The Balaban J connectivity index is 0.00000272. The molecule has 0 aliphatic heterocycles. The molecule has 1 aromatic carbocycles. The van der Waals surface area contributed by atoms with E-state index >= 15 is 0 Å². The van der Waals surface area contributed by atoms with E-state index in [2.05, 4.69) is 46.4 Å². The Hall–Kier alpha value is -2.77. The van der Waals surface area contributed by atoms with Crippen LogP contribution in [0.25, 0.3) is 22.8 Å². The van der Waals surface area contributed by atoms with Crippen molar-refractivity contribution in [3.05, 3.63) is 53.9 Å². The second kappa shape index (κ2) is 10.0. The number of aromatic nitrogens is 3. The highest BCUT2D eigenvalue weighted by Gasteiger charge is 2.33. The summed E-state index contributed by atoms with van der Waals surface area (Å²) in [5.41, 5.74) is 3.87. The van der Waals surface area contributed by atoms with Crippen LogP contribution in [0.3, 0.4) is 0 Å². The van der Waals surface area contributed by atoms with Crippen molar-refractivity contribution >= 4 is 18.4 Å². The topological polar surface area (TPSA) is 101 Å². The van der Waals surface area contributed by atoms with Crippen LogP contribution in [0.15, 0.2) is 47.1 Å². The normalized spacial score (nSPS) is 17.8. The zero-order chi connectivity index (χ0) is 21.1. The van der Waals surface area contributed by atoms with Crippen LogP contribution in [-0.4, -0.2) is 32.2 Å². The van der Waals surface area contributed by atoms with Crippen LogP contribution in [0.5, 0.6) is 0 Å². The first-order chi connectivity index (χ1) is 14.5. The van der Waals surface area contributed by atoms with E-state index in [1.807, 2.05) is 24.3 Å². The van der Waals surface area contributed by atoms with E-state index in [1.165, 1.54) is 5.56 Å². The fraction of sp³-hybridized carbons (Fsp3) is 0.391. The molecule has 0 atom stereocenters. The maximum absolute atomic E-state index is 10.9. The Kier molecular flexibility index (Phi) is 7.41. The van der Waals surface area contributed by atoms with Gasteiger partial charge >= 0.3 is 5.97 Å². The predicted molar refractivity (Wildman–Crippen MR) is 120 cm³/mol. The molecule has 3 aromatic rings. The number of hydrogen-bond acceptors (Lipinski definition) is 6. The molecule has 1 aliphatic rings. The van der Waals surface area contributed by atoms with Gasteiger partial charge in [0, 0.05) is 24.3 Å². The third-order valence-electron chi connectivity index (χ3n) is 5.41. The fourth-order valence-corrected chi connectivity index (χ4v) is 3.61. The number of pyridine rings is 1. The molecule has 4 rings (SSSR count). The quantitative estimate of drug-likeness (QED) is 0.534. The second-order valence-electron chi connectivity index (χ2n) is 8.34. The summed E-state index contributed by atoms with van der Waals surface area (Å²) in [6, 6.07) is 12.3. The smallest absolute Gasteiger partial charge is 0.306 e. The molecule has 2 aromatic heterocycles. The van der Waals surface area contributed by atoms with Gasteiger partial charge in [-0.1, -0.05) is 43.3 Å². The van der Waals surface area contributed by atoms with Gasteiger partial charge in [0.1, 0.15) is 0 Å². The molecule has 0 unspecified atom stereocenters. The van der Waals surface area contributed by atoms with Crippen molar-refractivity contribution in [1.29, 1.82) is 0 Å². The van der Waals surface area contributed by atoms with Crippen molar-refractivity contribution in [2.24, 2.45) is 11.8 Å². The molecule has 0 amide bonds. The molecule has 1 fully saturated rings. The predicted octanol–water partition coefficient (Wildman–Crippen LogP) is 4.37. The largest absolute Gasteiger partial charge is 0.481 e. The van der Waals surface area contributed by atoms with Crippen LogP contribution >= 0.6 is 12.4 Å². The molecular weight excluding hydrogens is 416 g/mol. The Morgan fingerprint density at radius 2 is 1.87 bits per heavy atom. The van der Waals surface area contributed by atoms with Crippen LogP contribution in [0.1, 0.15) is 37.9 Å². The van der Waals surface area contributed by atoms with Crippen molar-refractivity contribution in [2.45, 2.75) is 45.7 Å². The van der Waals surface area contributed by atoms with Crippen LogP contribution in [0.4, 0.5) is 0 Å². The van der Waals surface area contributed by atoms with Gasteiger partial charge in [-0.05, 0) is 42.9 Å². The van der Waals surface area contributed by atoms with Crippen LogP contribution in [0.2, 0.25) is 0 Å². The zero-order valence-electron chi connectivity index (χ0n) is 17.6. The zero-order valence-corrected chi connectivity index (χ0v) is 18.4. The Bertz CT molecular complexity index is 996. The summed E-state index contributed by atoms with van der Waals surface area (Å²) in [5.74, 6) is 0.696. The Morgan fingerprint density at radius 3 is 2.48 bits per heavy atom. The molecule has 0 spiro atoms. The average Bonchev–Trinajstić information content (AvgIpc) is 3.17. The molecular formula is C23H27ClN4O3. The van der Waals surface area contributed by atoms with E-state index < -0.39 is 5.97 Å². The lowest BCUT2D eigenvalue weighted by Gasteiger charge is -2.32. The first kappa shape index (κ1) is 22.9. The Morgan fingerprint density at radius 1 is 1.16 bits per heavy atom. The lowest BCUT2D eigenvalue weighted by Crippen LogP contribution is -2.43. The fourth-order valence-electron chi connectivity index (χ4n) is 3.61. The van der Waals surface area contributed by atoms with E-state index in [-0.39, 0.29) is 24.4 Å². The number of rotatable bonds is 8. The van der Waals surface area contributed by atoms with Crippen molar-refractivity contribution in [3.8, 4) is 22.8 Å². The molecule has 0 saturated heterocycles. The standard InChI is InChI=1S/C23H26N4O3.ClH/c1-14(2)9-15-3-5-16(6-4-15)21-26-22(30-27-21)17-7-8-19(24-12-17)13-25-20-10-18(11-20)23(28)29;/h3-8,12,14,18,20,25H,9-11,13H2,1-2H3,(H,28,29);1H. The van der Waals surface area contributed by atoms with Gasteiger partial charge in [-0.15, -0.1) is 12.4 Å². The molecule has 164 valence electrons. The maximum Gasteiger partial charge on any atom is 0.306 e.